The van der Waals surface area contributed by atoms with Crippen LogP contribution in [0.1, 0.15) is 38.2 Å². The van der Waals surface area contributed by atoms with Crippen molar-refractivity contribution >= 4 is 5.97 Å². The van der Waals surface area contributed by atoms with Gasteiger partial charge in [-0.15, -0.1) is 0 Å². The number of carboxylic acid groups (broad SMARTS) is 1. The first-order valence-electron chi connectivity index (χ1n) is 6.57. The van der Waals surface area contributed by atoms with Gasteiger partial charge in [0.25, 0.3) is 0 Å². The van der Waals surface area contributed by atoms with Crippen LogP contribution in [0.15, 0.2) is 24.3 Å². The highest BCUT2D eigenvalue weighted by Gasteiger charge is 2.44. The van der Waals surface area contributed by atoms with E-state index in [1.165, 1.54) is 0 Å². The molecule has 18 heavy (non-hydrogen) atoms. The second-order valence-corrected chi connectivity index (χ2v) is 5.45. The SMILES string of the molecule is CCC1CCC(Cc2ccc(O)cc2)(C(=O)O)C1. The monoisotopic (exact) mass is 248 g/mol. The number of phenols is 1. The summed E-state index contributed by atoms with van der Waals surface area (Å²) in [5, 5.41) is 18.8. The average Bonchev–Trinajstić information content (AvgIpc) is 2.77. The highest BCUT2D eigenvalue weighted by Crippen LogP contribution is 2.45. The maximum Gasteiger partial charge on any atom is 0.309 e. The minimum Gasteiger partial charge on any atom is -0.508 e. The standard InChI is InChI=1S/C15H20O3/c1-2-11-7-8-15(9-11,14(17)18)10-12-3-5-13(16)6-4-12/h3-6,11,16H,2,7-10H2,1H3,(H,17,18). The van der Waals surface area contributed by atoms with E-state index in [0.29, 0.717) is 12.3 Å². The third kappa shape index (κ3) is 2.50. The second kappa shape index (κ2) is 5.01. The molecule has 2 unspecified atom stereocenters. The van der Waals surface area contributed by atoms with Crippen LogP contribution in [0.5, 0.6) is 5.75 Å². The zero-order chi connectivity index (χ0) is 13.2. The quantitative estimate of drug-likeness (QED) is 0.860. The van der Waals surface area contributed by atoms with E-state index in [2.05, 4.69) is 6.92 Å². The van der Waals surface area contributed by atoms with Crippen molar-refractivity contribution in [2.45, 2.75) is 39.0 Å². The van der Waals surface area contributed by atoms with E-state index in [0.717, 1.165) is 31.2 Å². The normalized spacial score (nSPS) is 27.3. The summed E-state index contributed by atoms with van der Waals surface area (Å²) in [5.74, 6) is 0.0886. The van der Waals surface area contributed by atoms with Crippen molar-refractivity contribution in [1.29, 1.82) is 0 Å². The number of rotatable bonds is 4. The van der Waals surface area contributed by atoms with Gasteiger partial charge in [0.05, 0.1) is 5.41 Å². The highest BCUT2D eigenvalue weighted by molar-refractivity contribution is 5.75. The summed E-state index contributed by atoms with van der Waals surface area (Å²) in [6, 6.07) is 6.88. The average molecular weight is 248 g/mol. The number of hydrogen-bond acceptors (Lipinski definition) is 2. The summed E-state index contributed by atoms with van der Waals surface area (Å²) in [5.41, 5.74) is 0.393. The first kappa shape index (κ1) is 12.9. The van der Waals surface area contributed by atoms with Crippen LogP contribution in [0.2, 0.25) is 0 Å². The van der Waals surface area contributed by atoms with Crippen molar-refractivity contribution in [2.24, 2.45) is 11.3 Å². The van der Waals surface area contributed by atoms with Crippen LogP contribution in [0.4, 0.5) is 0 Å². The molecule has 1 aliphatic rings. The molecule has 0 aliphatic heterocycles. The van der Waals surface area contributed by atoms with Gasteiger partial charge >= 0.3 is 5.97 Å². The summed E-state index contributed by atoms with van der Waals surface area (Å²) >= 11 is 0. The summed E-state index contributed by atoms with van der Waals surface area (Å²) in [6.45, 7) is 2.13. The molecule has 1 fully saturated rings. The first-order valence-corrected chi connectivity index (χ1v) is 6.57. The van der Waals surface area contributed by atoms with E-state index in [-0.39, 0.29) is 5.75 Å². The Hall–Kier alpha value is -1.51. The largest absolute Gasteiger partial charge is 0.508 e. The van der Waals surface area contributed by atoms with Crippen LogP contribution >= 0.6 is 0 Å². The third-order valence-corrected chi connectivity index (χ3v) is 4.22. The van der Waals surface area contributed by atoms with E-state index >= 15 is 0 Å². The Morgan fingerprint density at radius 2 is 2.06 bits per heavy atom. The van der Waals surface area contributed by atoms with Gasteiger partial charge in [0, 0.05) is 0 Å². The van der Waals surface area contributed by atoms with Gasteiger partial charge in [-0.05, 0) is 49.3 Å². The minimum absolute atomic E-state index is 0.223. The molecule has 0 aromatic heterocycles. The van der Waals surface area contributed by atoms with Crippen LogP contribution in [-0.4, -0.2) is 16.2 Å². The van der Waals surface area contributed by atoms with Gasteiger partial charge in [-0.3, -0.25) is 4.79 Å². The fourth-order valence-electron chi connectivity index (χ4n) is 3.02. The molecule has 0 amide bonds. The second-order valence-electron chi connectivity index (χ2n) is 5.45. The van der Waals surface area contributed by atoms with Crippen molar-refractivity contribution in [3.05, 3.63) is 29.8 Å². The van der Waals surface area contributed by atoms with Crippen molar-refractivity contribution in [3.8, 4) is 5.75 Å². The van der Waals surface area contributed by atoms with E-state index in [1.54, 1.807) is 12.1 Å². The van der Waals surface area contributed by atoms with Gasteiger partial charge in [-0.1, -0.05) is 25.5 Å². The molecule has 3 nitrogen and oxygen atoms in total. The highest BCUT2D eigenvalue weighted by atomic mass is 16.4. The van der Waals surface area contributed by atoms with Crippen molar-refractivity contribution < 1.29 is 15.0 Å². The molecule has 0 bridgehead atoms. The third-order valence-electron chi connectivity index (χ3n) is 4.22. The molecule has 1 aliphatic carbocycles. The minimum atomic E-state index is -0.675. The lowest BCUT2D eigenvalue weighted by Gasteiger charge is -2.24. The van der Waals surface area contributed by atoms with Crippen LogP contribution < -0.4 is 0 Å². The summed E-state index contributed by atoms with van der Waals surface area (Å²) < 4.78 is 0. The number of carboxylic acids is 1. The number of phenolic OH excluding ortho intramolecular Hbond substituents is 1. The maximum atomic E-state index is 11.6. The molecule has 0 spiro atoms. The van der Waals surface area contributed by atoms with Crippen molar-refractivity contribution in [2.75, 3.05) is 0 Å². The van der Waals surface area contributed by atoms with Crippen LogP contribution in [0.3, 0.4) is 0 Å². The number of hydrogen-bond donors (Lipinski definition) is 2. The lowest BCUT2D eigenvalue weighted by atomic mass is 9.79. The lowest BCUT2D eigenvalue weighted by Crippen LogP contribution is -2.30. The molecule has 2 atom stereocenters. The molecule has 3 heteroatoms. The molecule has 2 rings (SSSR count). The van der Waals surface area contributed by atoms with Gasteiger partial charge in [0.2, 0.25) is 0 Å². The van der Waals surface area contributed by atoms with Gasteiger partial charge < -0.3 is 10.2 Å². The first-order chi connectivity index (χ1) is 8.55. The zero-order valence-corrected chi connectivity index (χ0v) is 10.7. The Labute approximate surface area is 107 Å². The summed E-state index contributed by atoms with van der Waals surface area (Å²) in [7, 11) is 0. The Balaban J connectivity index is 2.17. The Kier molecular flexibility index (Phi) is 3.60. The number of aromatic hydroxyl groups is 1. The van der Waals surface area contributed by atoms with Gasteiger partial charge in [0.15, 0.2) is 0 Å². The Bertz CT molecular complexity index is 424. The Morgan fingerprint density at radius 3 is 2.56 bits per heavy atom. The maximum absolute atomic E-state index is 11.6. The van der Waals surface area contributed by atoms with E-state index in [9.17, 15) is 15.0 Å². The van der Waals surface area contributed by atoms with Crippen molar-refractivity contribution in [3.63, 3.8) is 0 Å². The van der Waals surface area contributed by atoms with Gasteiger partial charge in [-0.2, -0.15) is 0 Å². The van der Waals surface area contributed by atoms with Crippen LogP contribution in [0.25, 0.3) is 0 Å². The summed E-state index contributed by atoms with van der Waals surface area (Å²) in [4.78, 5) is 11.6. The van der Waals surface area contributed by atoms with E-state index < -0.39 is 11.4 Å². The molecule has 98 valence electrons. The predicted molar refractivity (Wildman–Crippen MR) is 69.5 cm³/mol. The van der Waals surface area contributed by atoms with E-state index in [1.807, 2.05) is 12.1 Å². The molecule has 0 heterocycles. The number of aliphatic carboxylic acids is 1. The van der Waals surface area contributed by atoms with Crippen molar-refractivity contribution in [1.82, 2.24) is 0 Å². The van der Waals surface area contributed by atoms with E-state index in [4.69, 9.17) is 0 Å². The number of carbonyl (C=O) groups is 1. The molecule has 1 saturated carbocycles. The molecule has 1 aromatic rings. The Morgan fingerprint density at radius 1 is 1.39 bits per heavy atom. The topological polar surface area (TPSA) is 57.5 Å². The van der Waals surface area contributed by atoms with Gasteiger partial charge in [-0.25, -0.2) is 0 Å². The molecular formula is C15H20O3. The van der Waals surface area contributed by atoms with Gasteiger partial charge in [0.1, 0.15) is 5.75 Å². The fraction of sp³-hybridized carbons (Fsp3) is 0.533. The summed E-state index contributed by atoms with van der Waals surface area (Å²) in [6.07, 6.45) is 4.19. The molecular weight excluding hydrogens is 228 g/mol. The van der Waals surface area contributed by atoms with Crippen LogP contribution in [0, 0.1) is 11.3 Å². The molecule has 1 aromatic carbocycles. The lowest BCUT2D eigenvalue weighted by molar-refractivity contribution is -0.148. The fourth-order valence-corrected chi connectivity index (χ4v) is 3.02. The molecule has 2 N–H and O–H groups in total. The number of benzene rings is 1. The predicted octanol–water partition coefficient (Wildman–Crippen LogP) is 3.22. The zero-order valence-electron chi connectivity index (χ0n) is 10.7. The molecule has 0 saturated heterocycles. The van der Waals surface area contributed by atoms with Crippen LogP contribution in [-0.2, 0) is 11.2 Å². The smallest absolute Gasteiger partial charge is 0.309 e. The molecule has 0 radical (unpaired) electrons.